The number of piperidine rings is 1. The van der Waals surface area contributed by atoms with E-state index in [0.29, 0.717) is 25.8 Å². The molecule has 4 atom stereocenters. The fraction of sp³-hybridized carbons (Fsp3) is 0.588. The fourth-order valence-electron chi connectivity index (χ4n) is 3.94. The van der Waals surface area contributed by atoms with Crippen molar-refractivity contribution >= 4 is 16.0 Å². The lowest BCUT2D eigenvalue weighted by Gasteiger charge is -2.38. The zero-order valence-corrected chi connectivity index (χ0v) is 14.8. The molecule has 1 amide bonds. The number of carbonyl (C=O) groups is 1. The van der Waals surface area contributed by atoms with E-state index < -0.39 is 21.0 Å². The van der Waals surface area contributed by atoms with Crippen LogP contribution in [0.5, 0.6) is 0 Å². The number of hydrogen-bond acceptors (Lipinski definition) is 5. The molecule has 1 aromatic carbocycles. The van der Waals surface area contributed by atoms with Gasteiger partial charge in [-0.1, -0.05) is 37.3 Å². The monoisotopic (exact) mass is 352 g/mol. The average molecular weight is 352 g/mol. The number of amides is 1. The van der Waals surface area contributed by atoms with Gasteiger partial charge in [-0.15, -0.1) is 0 Å². The number of carbonyl (C=O) groups excluding carboxylic acids is 1. The summed E-state index contributed by atoms with van der Waals surface area (Å²) < 4.78 is 30.9. The molecular formula is C17H24N2O4S. The maximum absolute atomic E-state index is 12.6. The van der Waals surface area contributed by atoms with Crippen LogP contribution in [0.4, 0.5) is 0 Å². The summed E-state index contributed by atoms with van der Waals surface area (Å²) in [6.45, 7) is 2.42. The Bertz CT molecular complexity index is 707. The van der Waals surface area contributed by atoms with E-state index in [1.54, 1.807) is 7.05 Å². The summed E-state index contributed by atoms with van der Waals surface area (Å²) >= 11 is 0. The SMILES string of the molecule is CCC1(Cc2ccccc2)OS(=O)(=O)C2CC(C(=O)NC)CNC21. The molecule has 132 valence electrons. The third-order valence-corrected chi connectivity index (χ3v) is 7.02. The van der Waals surface area contributed by atoms with Crippen LogP contribution in [-0.2, 0) is 25.5 Å². The lowest BCUT2D eigenvalue weighted by atomic mass is 9.79. The minimum absolute atomic E-state index is 0.131. The van der Waals surface area contributed by atoms with Gasteiger partial charge in [-0.3, -0.25) is 8.98 Å². The van der Waals surface area contributed by atoms with E-state index in [2.05, 4.69) is 10.6 Å². The van der Waals surface area contributed by atoms with Crippen LogP contribution in [0.3, 0.4) is 0 Å². The average Bonchev–Trinajstić information content (AvgIpc) is 2.82. The quantitative estimate of drug-likeness (QED) is 0.784. The first-order valence-corrected chi connectivity index (χ1v) is 9.82. The van der Waals surface area contributed by atoms with E-state index in [9.17, 15) is 13.2 Å². The van der Waals surface area contributed by atoms with Crippen LogP contribution in [0.2, 0.25) is 0 Å². The Labute approximate surface area is 143 Å². The highest BCUT2D eigenvalue weighted by Crippen LogP contribution is 2.43. The van der Waals surface area contributed by atoms with E-state index in [4.69, 9.17) is 4.18 Å². The van der Waals surface area contributed by atoms with Crippen molar-refractivity contribution in [1.82, 2.24) is 10.6 Å². The third-order valence-electron chi connectivity index (χ3n) is 5.25. The predicted octanol–water partition coefficient (Wildman–Crippen LogP) is 0.831. The van der Waals surface area contributed by atoms with Crippen LogP contribution in [0.15, 0.2) is 30.3 Å². The van der Waals surface area contributed by atoms with Gasteiger partial charge in [0.1, 0.15) is 10.9 Å². The Hall–Kier alpha value is -1.44. The van der Waals surface area contributed by atoms with Crippen molar-refractivity contribution < 1.29 is 17.4 Å². The molecule has 2 aliphatic rings. The maximum Gasteiger partial charge on any atom is 0.272 e. The summed E-state index contributed by atoms with van der Waals surface area (Å²) in [6, 6.07) is 9.48. The topological polar surface area (TPSA) is 84.5 Å². The Morgan fingerprint density at radius 1 is 1.38 bits per heavy atom. The largest absolute Gasteiger partial charge is 0.359 e. The second-order valence-electron chi connectivity index (χ2n) is 6.63. The van der Waals surface area contributed by atoms with Crippen LogP contribution in [0, 0.1) is 5.92 Å². The molecule has 0 bridgehead atoms. The summed E-state index contributed by atoms with van der Waals surface area (Å²) in [5.41, 5.74) is 0.254. The Morgan fingerprint density at radius 3 is 2.71 bits per heavy atom. The van der Waals surface area contributed by atoms with Crippen molar-refractivity contribution in [2.75, 3.05) is 13.6 Å². The zero-order chi connectivity index (χ0) is 17.4. The van der Waals surface area contributed by atoms with Gasteiger partial charge in [0, 0.05) is 20.0 Å². The second kappa shape index (κ2) is 6.46. The fourth-order valence-corrected chi connectivity index (χ4v) is 5.96. The number of fused-ring (bicyclic) bond motifs is 1. The molecule has 0 saturated carbocycles. The standard InChI is InChI=1S/C17H24N2O4S/c1-3-17(10-12-7-5-4-6-8-12)15-14(24(21,22)23-17)9-13(11-19-15)16(20)18-2/h4-8,13-15,19H,3,9-11H2,1-2H3,(H,18,20). The molecule has 24 heavy (non-hydrogen) atoms. The van der Waals surface area contributed by atoms with Crippen molar-refractivity contribution in [2.24, 2.45) is 5.92 Å². The predicted molar refractivity (Wildman–Crippen MR) is 90.9 cm³/mol. The maximum atomic E-state index is 12.6. The highest BCUT2D eigenvalue weighted by Gasteiger charge is 2.59. The van der Waals surface area contributed by atoms with Gasteiger partial charge >= 0.3 is 0 Å². The Balaban J connectivity index is 1.90. The van der Waals surface area contributed by atoms with Crippen molar-refractivity contribution in [2.45, 2.75) is 43.1 Å². The van der Waals surface area contributed by atoms with E-state index in [-0.39, 0.29) is 17.9 Å². The normalized spacial score (nSPS) is 34.5. The first-order valence-electron chi connectivity index (χ1n) is 8.35. The molecule has 2 N–H and O–H groups in total. The summed E-state index contributed by atoms with van der Waals surface area (Å²) in [7, 11) is -2.13. The van der Waals surface area contributed by atoms with Gasteiger partial charge in [0.05, 0.1) is 12.0 Å². The lowest BCUT2D eigenvalue weighted by Crippen LogP contribution is -2.59. The summed E-state index contributed by atoms with van der Waals surface area (Å²) in [5.74, 6) is -0.479. The molecule has 1 aromatic rings. The molecule has 6 nitrogen and oxygen atoms in total. The van der Waals surface area contributed by atoms with Crippen molar-refractivity contribution in [3.05, 3.63) is 35.9 Å². The van der Waals surface area contributed by atoms with Crippen molar-refractivity contribution in [3.63, 3.8) is 0 Å². The van der Waals surface area contributed by atoms with Gasteiger partial charge in [-0.25, -0.2) is 0 Å². The number of hydrogen-bond donors (Lipinski definition) is 2. The first kappa shape index (κ1) is 17.4. The van der Waals surface area contributed by atoms with Crippen LogP contribution in [-0.4, -0.2) is 44.8 Å². The molecular weight excluding hydrogens is 328 g/mol. The molecule has 0 aliphatic carbocycles. The van der Waals surface area contributed by atoms with Gasteiger partial charge < -0.3 is 10.6 Å². The van der Waals surface area contributed by atoms with Crippen LogP contribution >= 0.6 is 0 Å². The van der Waals surface area contributed by atoms with Gasteiger partial charge in [0.15, 0.2) is 0 Å². The molecule has 7 heteroatoms. The summed E-state index contributed by atoms with van der Waals surface area (Å²) in [5, 5.41) is 5.22. The Morgan fingerprint density at radius 2 is 2.08 bits per heavy atom. The van der Waals surface area contributed by atoms with Crippen molar-refractivity contribution in [1.29, 1.82) is 0 Å². The van der Waals surface area contributed by atoms with Crippen LogP contribution < -0.4 is 10.6 Å². The van der Waals surface area contributed by atoms with E-state index in [0.717, 1.165) is 5.56 Å². The number of rotatable bonds is 4. The molecule has 2 fully saturated rings. The molecule has 4 unspecified atom stereocenters. The highest BCUT2D eigenvalue weighted by atomic mass is 32.2. The molecule has 0 spiro atoms. The zero-order valence-electron chi connectivity index (χ0n) is 14.0. The number of benzene rings is 1. The molecule has 3 rings (SSSR count). The number of nitrogens with one attached hydrogen (secondary N) is 2. The lowest BCUT2D eigenvalue weighted by molar-refractivity contribution is -0.125. The van der Waals surface area contributed by atoms with E-state index in [1.807, 2.05) is 37.3 Å². The smallest absolute Gasteiger partial charge is 0.272 e. The van der Waals surface area contributed by atoms with Gasteiger partial charge in [-0.05, 0) is 18.4 Å². The second-order valence-corrected chi connectivity index (χ2v) is 8.39. The van der Waals surface area contributed by atoms with Gasteiger partial charge in [-0.2, -0.15) is 8.42 Å². The van der Waals surface area contributed by atoms with Crippen LogP contribution in [0.25, 0.3) is 0 Å². The summed E-state index contributed by atoms with van der Waals surface area (Å²) in [6.07, 6.45) is 1.42. The minimum Gasteiger partial charge on any atom is -0.359 e. The van der Waals surface area contributed by atoms with Crippen molar-refractivity contribution in [3.8, 4) is 0 Å². The van der Waals surface area contributed by atoms with Crippen LogP contribution in [0.1, 0.15) is 25.3 Å². The summed E-state index contributed by atoms with van der Waals surface area (Å²) in [4.78, 5) is 11.9. The molecule has 0 aromatic heterocycles. The molecule has 2 saturated heterocycles. The Kier molecular flexibility index (Phi) is 4.68. The molecule has 2 heterocycles. The van der Waals surface area contributed by atoms with E-state index >= 15 is 0 Å². The molecule has 2 aliphatic heterocycles. The first-order chi connectivity index (χ1) is 11.4. The minimum atomic E-state index is -3.70. The third kappa shape index (κ3) is 2.96. The van der Waals surface area contributed by atoms with Gasteiger partial charge in [0.25, 0.3) is 10.1 Å². The van der Waals surface area contributed by atoms with Gasteiger partial charge in [0.2, 0.25) is 5.91 Å². The highest BCUT2D eigenvalue weighted by molar-refractivity contribution is 7.87. The molecule has 0 radical (unpaired) electrons. The van der Waals surface area contributed by atoms with E-state index in [1.165, 1.54) is 0 Å².